The fraction of sp³-hybridized carbons (Fsp3) is 0.235. The number of aromatic hydroxyl groups is 1. The maximum absolute atomic E-state index is 12.8. The molecule has 0 bridgehead atoms. The van der Waals surface area contributed by atoms with Crippen molar-refractivity contribution in [3.8, 4) is 5.75 Å². The smallest absolute Gasteiger partial charge is 0.258 e. The molecule has 0 saturated heterocycles. The summed E-state index contributed by atoms with van der Waals surface area (Å²) in [5, 5.41) is 13.2. The van der Waals surface area contributed by atoms with E-state index in [4.69, 9.17) is 0 Å². The molecule has 4 heteroatoms. The SMILES string of the molecule is O=C1c2ccccc2NC(c2cccc(O)c2)N1C1CC1. The summed E-state index contributed by atoms with van der Waals surface area (Å²) in [4.78, 5) is 14.7. The van der Waals surface area contributed by atoms with Crippen LogP contribution < -0.4 is 5.32 Å². The van der Waals surface area contributed by atoms with Crippen LogP contribution in [0.3, 0.4) is 0 Å². The van der Waals surface area contributed by atoms with Gasteiger partial charge in [-0.15, -0.1) is 0 Å². The highest BCUT2D eigenvalue weighted by Gasteiger charge is 2.41. The number of hydrogen-bond donors (Lipinski definition) is 2. The molecule has 0 radical (unpaired) electrons. The summed E-state index contributed by atoms with van der Waals surface area (Å²) < 4.78 is 0. The van der Waals surface area contributed by atoms with E-state index in [1.165, 1.54) is 0 Å². The van der Waals surface area contributed by atoms with Gasteiger partial charge in [0.1, 0.15) is 11.9 Å². The zero-order valence-electron chi connectivity index (χ0n) is 11.5. The molecule has 21 heavy (non-hydrogen) atoms. The Morgan fingerprint density at radius 3 is 2.67 bits per heavy atom. The minimum absolute atomic E-state index is 0.0696. The van der Waals surface area contributed by atoms with Gasteiger partial charge in [0, 0.05) is 11.7 Å². The number of anilines is 1. The molecule has 106 valence electrons. The monoisotopic (exact) mass is 280 g/mol. The van der Waals surface area contributed by atoms with Crippen molar-refractivity contribution in [2.45, 2.75) is 25.0 Å². The predicted octanol–water partition coefficient (Wildman–Crippen LogP) is 3.12. The molecule has 1 fully saturated rings. The van der Waals surface area contributed by atoms with Crippen molar-refractivity contribution < 1.29 is 9.90 Å². The van der Waals surface area contributed by atoms with Gasteiger partial charge in [-0.2, -0.15) is 0 Å². The molecule has 4 rings (SSSR count). The largest absolute Gasteiger partial charge is 0.508 e. The van der Waals surface area contributed by atoms with Crippen molar-refractivity contribution in [1.82, 2.24) is 4.90 Å². The van der Waals surface area contributed by atoms with Crippen LogP contribution in [0.4, 0.5) is 5.69 Å². The third-order valence-corrected chi connectivity index (χ3v) is 4.09. The summed E-state index contributed by atoms with van der Waals surface area (Å²) in [6.45, 7) is 0. The van der Waals surface area contributed by atoms with Crippen molar-refractivity contribution >= 4 is 11.6 Å². The zero-order valence-corrected chi connectivity index (χ0v) is 11.5. The lowest BCUT2D eigenvalue weighted by molar-refractivity contribution is 0.0666. The van der Waals surface area contributed by atoms with Gasteiger partial charge >= 0.3 is 0 Å². The van der Waals surface area contributed by atoms with Crippen LogP contribution in [0.1, 0.15) is 34.9 Å². The molecule has 0 aromatic heterocycles. The van der Waals surface area contributed by atoms with Gasteiger partial charge in [0.15, 0.2) is 0 Å². The number of para-hydroxylation sites is 1. The van der Waals surface area contributed by atoms with Gasteiger partial charge in [0.25, 0.3) is 5.91 Å². The van der Waals surface area contributed by atoms with Crippen LogP contribution in [0.25, 0.3) is 0 Å². The Balaban J connectivity index is 1.80. The van der Waals surface area contributed by atoms with Gasteiger partial charge in [-0.1, -0.05) is 24.3 Å². The molecule has 0 spiro atoms. The van der Waals surface area contributed by atoms with Crippen LogP contribution in [0.2, 0.25) is 0 Å². The number of nitrogens with one attached hydrogen (secondary N) is 1. The van der Waals surface area contributed by atoms with Crippen LogP contribution in [0, 0.1) is 0 Å². The maximum Gasteiger partial charge on any atom is 0.258 e. The lowest BCUT2D eigenvalue weighted by Gasteiger charge is -2.38. The normalized spacial score (nSPS) is 20.9. The highest BCUT2D eigenvalue weighted by Crippen LogP contribution is 2.41. The number of nitrogens with zero attached hydrogens (tertiary/aromatic N) is 1. The molecule has 1 amide bonds. The summed E-state index contributed by atoms with van der Waals surface area (Å²) in [5.74, 6) is 0.288. The average Bonchev–Trinajstić information content (AvgIpc) is 3.32. The Morgan fingerprint density at radius 1 is 1.10 bits per heavy atom. The average molecular weight is 280 g/mol. The first-order valence-corrected chi connectivity index (χ1v) is 7.21. The van der Waals surface area contributed by atoms with Crippen molar-refractivity contribution in [3.05, 3.63) is 59.7 Å². The highest BCUT2D eigenvalue weighted by atomic mass is 16.3. The summed E-state index contributed by atoms with van der Waals surface area (Å²) in [5.41, 5.74) is 2.48. The van der Waals surface area contributed by atoms with E-state index in [0.29, 0.717) is 6.04 Å². The Bertz CT molecular complexity index is 709. The van der Waals surface area contributed by atoms with Crippen LogP contribution >= 0.6 is 0 Å². The Hall–Kier alpha value is -2.49. The van der Waals surface area contributed by atoms with E-state index in [2.05, 4.69) is 5.32 Å². The van der Waals surface area contributed by atoms with Crippen LogP contribution in [-0.2, 0) is 0 Å². The molecule has 2 aromatic rings. The van der Waals surface area contributed by atoms with E-state index in [0.717, 1.165) is 29.7 Å². The first kappa shape index (κ1) is 12.3. The topological polar surface area (TPSA) is 52.6 Å². The third kappa shape index (κ3) is 2.03. The molecule has 1 atom stereocenters. The molecule has 1 aliphatic heterocycles. The zero-order chi connectivity index (χ0) is 14.4. The van der Waals surface area contributed by atoms with E-state index in [1.807, 2.05) is 41.3 Å². The number of carbonyl (C=O) groups excluding carboxylic acids is 1. The number of phenolic OH excluding ortho intramolecular Hbond substituents is 1. The summed E-state index contributed by atoms with van der Waals surface area (Å²) in [6, 6.07) is 15.0. The fourth-order valence-corrected chi connectivity index (χ4v) is 2.94. The van der Waals surface area contributed by atoms with Crippen LogP contribution in [-0.4, -0.2) is 22.0 Å². The first-order chi connectivity index (χ1) is 10.2. The van der Waals surface area contributed by atoms with E-state index in [1.54, 1.807) is 12.1 Å². The number of amides is 1. The first-order valence-electron chi connectivity index (χ1n) is 7.21. The van der Waals surface area contributed by atoms with Crippen molar-refractivity contribution in [3.63, 3.8) is 0 Å². The summed E-state index contributed by atoms with van der Waals surface area (Å²) in [6.07, 6.45) is 1.88. The maximum atomic E-state index is 12.8. The molecule has 1 heterocycles. The van der Waals surface area contributed by atoms with E-state index in [-0.39, 0.29) is 17.8 Å². The second kappa shape index (κ2) is 4.52. The van der Waals surface area contributed by atoms with Crippen LogP contribution in [0.5, 0.6) is 5.75 Å². The second-order valence-corrected chi connectivity index (χ2v) is 5.63. The summed E-state index contributed by atoms with van der Waals surface area (Å²) in [7, 11) is 0. The number of carbonyl (C=O) groups is 1. The molecule has 1 aliphatic carbocycles. The second-order valence-electron chi connectivity index (χ2n) is 5.63. The van der Waals surface area contributed by atoms with Gasteiger partial charge in [0.2, 0.25) is 0 Å². The molecule has 2 N–H and O–H groups in total. The molecule has 2 aliphatic rings. The molecule has 2 aromatic carbocycles. The number of hydrogen-bond acceptors (Lipinski definition) is 3. The minimum Gasteiger partial charge on any atom is -0.508 e. The van der Waals surface area contributed by atoms with Gasteiger partial charge < -0.3 is 15.3 Å². The molecule has 1 unspecified atom stereocenters. The number of rotatable bonds is 2. The predicted molar refractivity (Wildman–Crippen MR) is 80.1 cm³/mol. The quantitative estimate of drug-likeness (QED) is 0.888. The molecule has 1 saturated carbocycles. The molecule has 4 nitrogen and oxygen atoms in total. The van der Waals surface area contributed by atoms with Crippen LogP contribution in [0.15, 0.2) is 48.5 Å². The lowest BCUT2D eigenvalue weighted by atomic mass is 10.0. The lowest BCUT2D eigenvalue weighted by Crippen LogP contribution is -2.44. The standard InChI is InChI=1S/C17H16N2O2/c20-13-5-3-4-11(10-13)16-18-15-7-2-1-6-14(15)17(21)19(16)12-8-9-12/h1-7,10,12,16,18,20H,8-9H2. The minimum atomic E-state index is -0.216. The van der Waals surface area contributed by atoms with Gasteiger partial charge in [-0.3, -0.25) is 4.79 Å². The summed E-state index contributed by atoms with van der Waals surface area (Å²) >= 11 is 0. The fourth-order valence-electron chi connectivity index (χ4n) is 2.94. The number of fused-ring (bicyclic) bond motifs is 1. The Kier molecular flexibility index (Phi) is 2.64. The van der Waals surface area contributed by atoms with Gasteiger partial charge in [0.05, 0.1) is 5.56 Å². The Morgan fingerprint density at radius 2 is 1.90 bits per heavy atom. The van der Waals surface area contributed by atoms with Crippen molar-refractivity contribution in [1.29, 1.82) is 0 Å². The van der Waals surface area contributed by atoms with E-state index < -0.39 is 0 Å². The van der Waals surface area contributed by atoms with Crippen molar-refractivity contribution in [2.24, 2.45) is 0 Å². The van der Waals surface area contributed by atoms with E-state index >= 15 is 0 Å². The number of phenols is 1. The highest BCUT2D eigenvalue weighted by molar-refractivity contribution is 6.02. The van der Waals surface area contributed by atoms with Crippen molar-refractivity contribution in [2.75, 3.05) is 5.32 Å². The Labute approximate surface area is 123 Å². The molecular formula is C17H16N2O2. The molecular weight excluding hydrogens is 264 g/mol. The van der Waals surface area contributed by atoms with E-state index in [9.17, 15) is 9.90 Å². The number of benzene rings is 2. The van der Waals surface area contributed by atoms with Gasteiger partial charge in [-0.25, -0.2) is 0 Å². The third-order valence-electron chi connectivity index (χ3n) is 4.09. The van der Waals surface area contributed by atoms with Gasteiger partial charge in [-0.05, 0) is 42.7 Å².